The van der Waals surface area contributed by atoms with Gasteiger partial charge in [-0.25, -0.2) is 19.2 Å². The molecule has 1 saturated heterocycles. The molecule has 2 rings (SSSR count). The molecule has 46 heavy (non-hydrogen) atoms. The second kappa shape index (κ2) is 16.9. The monoisotopic (exact) mass is 652 g/mol. The average molecular weight is 653 g/mol. The van der Waals surface area contributed by atoms with Gasteiger partial charge >= 0.3 is 24.5 Å². The van der Waals surface area contributed by atoms with E-state index >= 15 is 0 Å². The minimum atomic E-state index is -1.06. The Morgan fingerprint density at radius 1 is 0.696 bits per heavy atom. The lowest BCUT2D eigenvalue weighted by Crippen LogP contribution is -2.51. The quantitative estimate of drug-likeness (QED) is 0.185. The molecule has 1 aliphatic heterocycles. The van der Waals surface area contributed by atoms with Gasteiger partial charge in [-0.1, -0.05) is 30.3 Å². The summed E-state index contributed by atoms with van der Waals surface area (Å²) in [5.41, 5.74) is -1.64. The van der Waals surface area contributed by atoms with E-state index in [0.29, 0.717) is 45.7 Å². The van der Waals surface area contributed by atoms with Crippen molar-refractivity contribution in [3.63, 3.8) is 0 Å². The van der Waals surface area contributed by atoms with Crippen molar-refractivity contribution < 1.29 is 47.6 Å². The number of likely N-dealkylation sites (tertiary alicyclic amines) is 1. The Morgan fingerprint density at radius 3 is 1.59 bits per heavy atom. The molecule has 1 fully saturated rings. The maximum Gasteiger partial charge on any atom is 0.519 e. The van der Waals surface area contributed by atoms with Gasteiger partial charge in [0.25, 0.3) is 0 Å². The van der Waals surface area contributed by atoms with Crippen molar-refractivity contribution in [1.82, 2.24) is 10.2 Å². The van der Waals surface area contributed by atoms with Crippen LogP contribution in [-0.2, 0) is 35.0 Å². The highest BCUT2D eigenvalue weighted by Gasteiger charge is 2.38. The highest BCUT2D eigenvalue weighted by atomic mass is 16.8. The van der Waals surface area contributed by atoms with Crippen molar-refractivity contribution in [2.75, 3.05) is 26.2 Å². The van der Waals surface area contributed by atoms with Crippen molar-refractivity contribution in [3.05, 3.63) is 35.9 Å². The van der Waals surface area contributed by atoms with E-state index in [1.165, 1.54) is 0 Å². The van der Waals surface area contributed by atoms with Gasteiger partial charge in [0.2, 0.25) is 0 Å². The number of rotatable bonds is 6. The molecular weight excluding hydrogens is 596 g/mol. The molecule has 0 unspecified atom stereocenters. The lowest BCUT2D eigenvalue weighted by atomic mass is 9.79. The maximum atomic E-state index is 12.4. The molecule has 0 bridgehead atoms. The first-order valence-electron chi connectivity index (χ1n) is 15.6. The van der Waals surface area contributed by atoms with E-state index in [4.69, 9.17) is 23.7 Å². The molecule has 12 heteroatoms. The summed E-state index contributed by atoms with van der Waals surface area (Å²) in [6.45, 7) is 23.7. The molecule has 0 aliphatic carbocycles. The number of nitrogens with zero attached hydrogens (tertiary/aromatic N) is 1. The Labute approximate surface area is 274 Å². The molecule has 12 nitrogen and oxygen atoms in total. The first-order chi connectivity index (χ1) is 20.9. The van der Waals surface area contributed by atoms with Crippen LogP contribution >= 0.6 is 0 Å². The number of nitrogens with one attached hydrogen (secondary N) is 1. The third-order valence-corrected chi connectivity index (χ3v) is 5.95. The summed E-state index contributed by atoms with van der Waals surface area (Å²) in [5, 5.41) is 2.90. The minimum Gasteiger partial charge on any atom is -0.444 e. The van der Waals surface area contributed by atoms with Crippen LogP contribution in [0.5, 0.6) is 0 Å². The van der Waals surface area contributed by atoms with Crippen LogP contribution in [0, 0.1) is 5.41 Å². The molecular formula is C34H56N2O10. The molecule has 2 amide bonds. The van der Waals surface area contributed by atoms with Crippen LogP contribution < -0.4 is 5.32 Å². The van der Waals surface area contributed by atoms with Crippen LogP contribution in [0.3, 0.4) is 0 Å². The van der Waals surface area contributed by atoms with E-state index in [1.807, 2.05) is 71.9 Å². The van der Waals surface area contributed by atoms with Crippen molar-refractivity contribution in [3.8, 4) is 0 Å². The molecule has 0 aromatic heterocycles. The lowest BCUT2D eigenvalue weighted by Gasteiger charge is -2.42. The number of carbonyl (C=O) groups excluding carboxylic acids is 4. The summed E-state index contributed by atoms with van der Waals surface area (Å²) in [4.78, 5) is 48.4. The molecule has 1 N–H and O–H groups in total. The molecule has 1 aromatic carbocycles. The van der Waals surface area contributed by atoms with E-state index < -0.39 is 40.8 Å². The number of amides is 2. The molecule has 1 aliphatic rings. The summed E-state index contributed by atoms with van der Waals surface area (Å²) < 4.78 is 30.7. The van der Waals surface area contributed by atoms with Gasteiger partial charge in [0.1, 0.15) is 22.4 Å². The van der Waals surface area contributed by atoms with Crippen LogP contribution in [-0.4, -0.2) is 78.0 Å². The van der Waals surface area contributed by atoms with E-state index in [0.717, 1.165) is 5.56 Å². The van der Waals surface area contributed by atoms with Crippen molar-refractivity contribution >= 4 is 24.5 Å². The summed E-state index contributed by atoms with van der Waals surface area (Å²) in [7, 11) is 0. The molecule has 262 valence electrons. The number of benzene rings is 1. The normalized spacial score (nSPS) is 15.0. The summed E-state index contributed by atoms with van der Waals surface area (Å²) in [5.74, 6) is 0. The third kappa shape index (κ3) is 19.1. The van der Waals surface area contributed by atoms with Gasteiger partial charge in [0, 0.05) is 25.0 Å². The fraction of sp³-hybridized carbons (Fsp3) is 0.706. The van der Waals surface area contributed by atoms with Crippen LogP contribution in [0.15, 0.2) is 30.3 Å². The molecule has 1 heterocycles. The SMILES string of the molecule is CC(C)(C)OC(=O)NCC1(COCc2ccccc2)CCN(C(=O)OC(C)(C)C)CC1.CC(C)(C)OC(=O)OC(=O)OC(C)(C)C. The highest BCUT2D eigenvalue weighted by molar-refractivity contribution is 5.77. The zero-order valence-corrected chi connectivity index (χ0v) is 29.9. The fourth-order valence-electron chi connectivity index (χ4n) is 4.01. The van der Waals surface area contributed by atoms with Gasteiger partial charge in [-0.2, -0.15) is 0 Å². The largest absolute Gasteiger partial charge is 0.519 e. The maximum absolute atomic E-state index is 12.4. The fourth-order valence-corrected chi connectivity index (χ4v) is 4.01. The number of ether oxygens (including phenoxy) is 6. The Hall–Kier alpha value is -3.54. The number of piperidine rings is 1. The minimum absolute atomic E-state index is 0.274. The summed E-state index contributed by atoms with van der Waals surface area (Å²) in [6, 6.07) is 9.99. The number of hydrogen-bond acceptors (Lipinski definition) is 10. The van der Waals surface area contributed by atoms with Crippen LogP contribution in [0.1, 0.15) is 101 Å². The molecule has 0 atom stereocenters. The first-order valence-corrected chi connectivity index (χ1v) is 15.6. The average Bonchev–Trinajstić information content (AvgIpc) is 2.84. The van der Waals surface area contributed by atoms with Gasteiger partial charge in [-0.3, -0.25) is 0 Å². The second-order valence-corrected chi connectivity index (χ2v) is 15.3. The predicted octanol–water partition coefficient (Wildman–Crippen LogP) is 7.62. The van der Waals surface area contributed by atoms with Crippen LogP contribution in [0.25, 0.3) is 0 Å². The second-order valence-electron chi connectivity index (χ2n) is 15.3. The Balaban J connectivity index is 0.000000595. The van der Waals surface area contributed by atoms with Crippen molar-refractivity contribution in [2.24, 2.45) is 5.41 Å². The molecule has 1 aromatic rings. The summed E-state index contributed by atoms with van der Waals surface area (Å²) in [6.07, 6.45) is -1.45. The molecule has 0 saturated carbocycles. The van der Waals surface area contributed by atoms with Crippen molar-refractivity contribution in [1.29, 1.82) is 0 Å². The number of hydrogen-bond donors (Lipinski definition) is 1. The first kappa shape index (κ1) is 40.5. The van der Waals surface area contributed by atoms with E-state index in [2.05, 4.69) is 10.1 Å². The van der Waals surface area contributed by atoms with Gasteiger partial charge in [-0.05, 0) is 101 Å². The zero-order valence-electron chi connectivity index (χ0n) is 29.9. The highest BCUT2D eigenvalue weighted by Crippen LogP contribution is 2.32. The van der Waals surface area contributed by atoms with Gasteiger partial charge in [-0.15, -0.1) is 0 Å². The van der Waals surface area contributed by atoms with Crippen molar-refractivity contribution in [2.45, 2.75) is 125 Å². The summed E-state index contributed by atoms with van der Waals surface area (Å²) >= 11 is 0. The van der Waals surface area contributed by atoms with Gasteiger partial charge in [0.05, 0.1) is 13.2 Å². The topological polar surface area (TPSA) is 139 Å². The zero-order chi connectivity index (χ0) is 35.4. The van der Waals surface area contributed by atoms with E-state index in [9.17, 15) is 19.2 Å². The lowest BCUT2D eigenvalue weighted by molar-refractivity contribution is -0.0294. The van der Waals surface area contributed by atoms with Gasteiger partial charge in [0.15, 0.2) is 0 Å². The van der Waals surface area contributed by atoms with E-state index in [1.54, 1.807) is 46.4 Å². The van der Waals surface area contributed by atoms with E-state index in [-0.39, 0.29) is 11.5 Å². The molecule has 0 radical (unpaired) electrons. The number of carbonyl (C=O) groups is 4. The Morgan fingerprint density at radius 2 is 1.15 bits per heavy atom. The number of alkyl carbamates (subject to hydrolysis) is 1. The third-order valence-electron chi connectivity index (χ3n) is 5.95. The predicted molar refractivity (Wildman–Crippen MR) is 173 cm³/mol. The Kier molecular flexibility index (Phi) is 14.8. The van der Waals surface area contributed by atoms with Crippen LogP contribution in [0.4, 0.5) is 19.2 Å². The van der Waals surface area contributed by atoms with Gasteiger partial charge < -0.3 is 38.6 Å². The van der Waals surface area contributed by atoms with Crippen LogP contribution in [0.2, 0.25) is 0 Å². The Bertz CT molecular complexity index is 1090. The standard InChI is InChI=1S/C24H38N2O5.C10H18O5/c1-22(2,3)30-20(27)25-17-24(18-29-16-19-10-8-7-9-11-19)12-14-26(15-13-24)21(28)31-23(4,5)6;1-9(2,3)14-7(11)13-8(12)15-10(4,5)6/h7-11H,12-18H2,1-6H3,(H,25,27);1-6H3. The molecule has 0 spiro atoms. The smallest absolute Gasteiger partial charge is 0.444 e.